The van der Waals surface area contributed by atoms with E-state index in [1.807, 2.05) is 6.07 Å². The quantitative estimate of drug-likeness (QED) is 0.633. The zero-order valence-electron chi connectivity index (χ0n) is 12.8. The first-order valence-electron chi connectivity index (χ1n) is 7.23. The number of hydrogen-bond donors (Lipinski definition) is 3. The summed E-state index contributed by atoms with van der Waals surface area (Å²) < 4.78 is 0. The summed E-state index contributed by atoms with van der Waals surface area (Å²) in [5, 5.41) is 22.6. The lowest BCUT2D eigenvalue weighted by molar-refractivity contribution is -0.139. The maximum absolute atomic E-state index is 12.3. The van der Waals surface area contributed by atoms with Crippen LogP contribution in [0.2, 0.25) is 0 Å². The molecule has 0 fully saturated rings. The van der Waals surface area contributed by atoms with Crippen molar-refractivity contribution in [3.05, 3.63) is 29.8 Å². The Kier molecular flexibility index (Phi) is 7.27. The van der Waals surface area contributed by atoms with Gasteiger partial charge in [-0.25, -0.2) is 4.79 Å². The molecule has 122 valence electrons. The van der Waals surface area contributed by atoms with Crippen LogP contribution in [0.4, 0.5) is 5.69 Å². The maximum atomic E-state index is 12.3. The molecular formula is C16H19N3O4. The van der Waals surface area contributed by atoms with Gasteiger partial charge in [0.15, 0.2) is 0 Å². The van der Waals surface area contributed by atoms with E-state index in [4.69, 9.17) is 5.26 Å². The van der Waals surface area contributed by atoms with Crippen LogP contribution in [0, 0.1) is 11.3 Å². The lowest BCUT2D eigenvalue weighted by atomic mass is 10.1. The summed E-state index contributed by atoms with van der Waals surface area (Å²) >= 11 is 0. The van der Waals surface area contributed by atoms with Crippen LogP contribution in [-0.2, 0) is 9.59 Å². The first-order chi connectivity index (χ1) is 11.0. The van der Waals surface area contributed by atoms with Gasteiger partial charge in [-0.05, 0) is 31.4 Å². The van der Waals surface area contributed by atoms with E-state index in [1.54, 1.807) is 18.2 Å². The van der Waals surface area contributed by atoms with Gasteiger partial charge in [0.05, 0.1) is 17.3 Å². The molecule has 3 N–H and O–H groups in total. The van der Waals surface area contributed by atoms with E-state index in [2.05, 4.69) is 10.6 Å². The van der Waals surface area contributed by atoms with Gasteiger partial charge >= 0.3 is 5.97 Å². The fraction of sp³-hybridized carbons (Fsp3) is 0.375. The van der Waals surface area contributed by atoms with Crippen molar-refractivity contribution in [1.82, 2.24) is 5.32 Å². The lowest BCUT2D eigenvalue weighted by Gasteiger charge is -2.16. The minimum Gasteiger partial charge on any atom is -0.480 e. The van der Waals surface area contributed by atoms with E-state index in [0.717, 1.165) is 0 Å². The lowest BCUT2D eigenvalue weighted by Crippen LogP contribution is -2.41. The van der Waals surface area contributed by atoms with E-state index in [1.165, 1.54) is 13.0 Å². The van der Waals surface area contributed by atoms with E-state index in [9.17, 15) is 19.5 Å². The number of carboxylic acid groups (broad SMARTS) is 1. The average molecular weight is 317 g/mol. The number of carbonyl (C=O) groups excluding carboxylic acids is 2. The molecule has 0 saturated heterocycles. The Morgan fingerprint density at radius 1 is 1.26 bits per heavy atom. The number of rotatable bonds is 8. The summed E-state index contributed by atoms with van der Waals surface area (Å²) in [7, 11) is 0. The van der Waals surface area contributed by atoms with Crippen LogP contribution < -0.4 is 10.6 Å². The number of amides is 2. The van der Waals surface area contributed by atoms with Crippen LogP contribution >= 0.6 is 0 Å². The summed E-state index contributed by atoms with van der Waals surface area (Å²) in [5.74, 6) is -2.02. The summed E-state index contributed by atoms with van der Waals surface area (Å²) in [6.07, 6.45) is 1.70. The summed E-state index contributed by atoms with van der Waals surface area (Å²) in [4.78, 5) is 34.7. The number of carboxylic acids is 1. The zero-order chi connectivity index (χ0) is 17.2. The molecule has 0 spiro atoms. The fourth-order valence-corrected chi connectivity index (χ4v) is 2.03. The number of para-hydroxylation sites is 1. The molecule has 0 bridgehead atoms. The third kappa shape index (κ3) is 6.18. The number of anilines is 1. The van der Waals surface area contributed by atoms with Gasteiger partial charge in [-0.2, -0.15) is 5.26 Å². The first kappa shape index (κ1) is 18.2. The van der Waals surface area contributed by atoms with E-state index < -0.39 is 17.9 Å². The SMILES string of the molecule is CC(=O)Nc1ccccc1C(=O)N[C@H](CCCCC#N)C(=O)O. The molecule has 1 rings (SSSR count). The molecule has 23 heavy (non-hydrogen) atoms. The van der Waals surface area contributed by atoms with Crippen LogP contribution in [0.3, 0.4) is 0 Å². The van der Waals surface area contributed by atoms with Crippen LogP contribution in [0.5, 0.6) is 0 Å². The van der Waals surface area contributed by atoms with Crippen LogP contribution in [-0.4, -0.2) is 28.9 Å². The van der Waals surface area contributed by atoms with E-state index in [-0.39, 0.29) is 17.9 Å². The van der Waals surface area contributed by atoms with Gasteiger partial charge in [0.2, 0.25) is 5.91 Å². The normalized spacial score (nSPS) is 11.1. The van der Waals surface area contributed by atoms with Crippen molar-refractivity contribution in [3.8, 4) is 6.07 Å². The maximum Gasteiger partial charge on any atom is 0.326 e. The molecule has 0 radical (unpaired) electrons. The Morgan fingerprint density at radius 2 is 1.96 bits per heavy atom. The first-order valence-corrected chi connectivity index (χ1v) is 7.23. The minimum atomic E-state index is -1.13. The molecule has 0 unspecified atom stereocenters. The summed E-state index contributed by atoms with van der Waals surface area (Å²) in [6, 6.07) is 7.32. The number of nitriles is 1. The predicted molar refractivity (Wildman–Crippen MR) is 83.7 cm³/mol. The van der Waals surface area contributed by atoms with Gasteiger partial charge in [0, 0.05) is 13.3 Å². The Bertz CT molecular complexity index is 622. The van der Waals surface area contributed by atoms with E-state index in [0.29, 0.717) is 24.9 Å². The van der Waals surface area contributed by atoms with Gasteiger partial charge in [-0.1, -0.05) is 12.1 Å². The molecule has 7 nitrogen and oxygen atoms in total. The molecule has 0 aliphatic carbocycles. The molecule has 1 atom stereocenters. The third-order valence-electron chi connectivity index (χ3n) is 3.12. The van der Waals surface area contributed by atoms with Crippen LogP contribution in [0.15, 0.2) is 24.3 Å². The van der Waals surface area contributed by atoms with Crippen LogP contribution in [0.25, 0.3) is 0 Å². The molecule has 0 aromatic heterocycles. The highest BCUT2D eigenvalue weighted by molar-refractivity contribution is 6.04. The van der Waals surface area contributed by atoms with Gasteiger partial charge in [-0.15, -0.1) is 0 Å². The molecule has 0 saturated carbocycles. The second kappa shape index (κ2) is 9.20. The molecule has 2 amide bonds. The zero-order valence-corrected chi connectivity index (χ0v) is 12.8. The molecule has 0 aliphatic heterocycles. The van der Waals surface area contributed by atoms with Crippen molar-refractivity contribution >= 4 is 23.5 Å². The number of hydrogen-bond acceptors (Lipinski definition) is 4. The van der Waals surface area contributed by atoms with Crippen molar-refractivity contribution in [2.24, 2.45) is 0 Å². The predicted octanol–water partition coefficient (Wildman–Crippen LogP) is 1.91. The van der Waals surface area contributed by atoms with E-state index >= 15 is 0 Å². The number of benzene rings is 1. The number of nitrogens with one attached hydrogen (secondary N) is 2. The smallest absolute Gasteiger partial charge is 0.326 e. The second-order valence-electron chi connectivity index (χ2n) is 4.99. The Hall–Kier alpha value is -2.88. The highest BCUT2D eigenvalue weighted by atomic mass is 16.4. The van der Waals surface area contributed by atoms with Crippen molar-refractivity contribution in [2.45, 2.75) is 38.6 Å². The molecule has 0 heterocycles. The number of unbranched alkanes of at least 4 members (excludes halogenated alkanes) is 2. The standard InChI is InChI=1S/C16H19N3O4/c1-11(20)18-13-8-5-4-7-12(13)15(21)19-14(16(22)23)9-3-2-6-10-17/h4-5,7-8,14H,2-3,6,9H2,1H3,(H,18,20)(H,19,21)(H,22,23)/t14-/m1/s1. The number of carbonyl (C=O) groups is 3. The highest BCUT2D eigenvalue weighted by Crippen LogP contribution is 2.15. The summed E-state index contributed by atoms with van der Waals surface area (Å²) in [5.41, 5.74) is 0.525. The Balaban J connectivity index is 2.77. The molecule has 0 aliphatic rings. The third-order valence-corrected chi connectivity index (χ3v) is 3.12. The highest BCUT2D eigenvalue weighted by Gasteiger charge is 2.21. The average Bonchev–Trinajstić information content (AvgIpc) is 2.49. The van der Waals surface area contributed by atoms with Gasteiger partial charge in [0.25, 0.3) is 5.91 Å². The molecular weight excluding hydrogens is 298 g/mol. The van der Waals surface area contributed by atoms with Gasteiger partial charge in [-0.3, -0.25) is 9.59 Å². The largest absolute Gasteiger partial charge is 0.480 e. The minimum absolute atomic E-state index is 0.200. The monoisotopic (exact) mass is 317 g/mol. The Labute approximate surface area is 134 Å². The second-order valence-corrected chi connectivity index (χ2v) is 4.99. The van der Waals surface area contributed by atoms with Crippen molar-refractivity contribution < 1.29 is 19.5 Å². The van der Waals surface area contributed by atoms with Crippen molar-refractivity contribution in [3.63, 3.8) is 0 Å². The van der Waals surface area contributed by atoms with Gasteiger partial charge < -0.3 is 15.7 Å². The molecule has 1 aromatic carbocycles. The van der Waals surface area contributed by atoms with Gasteiger partial charge in [0.1, 0.15) is 6.04 Å². The van der Waals surface area contributed by atoms with Crippen LogP contribution in [0.1, 0.15) is 43.0 Å². The van der Waals surface area contributed by atoms with Crippen molar-refractivity contribution in [1.29, 1.82) is 5.26 Å². The summed E-state index contributed by atoms with van der Waals surface area (Å²) in [6.45, 7) is 1.32. The molecule has 1 aromatic rings. The topological polar surface area (TPSA) is 119 Å². The Morgan fingerprint density at radius 3 is 2.57 bits per heavy atom. The number of aliphatic carboxylic acids is 1. The fourth-order valence-electron chi connectivity index (χ4n) is 2.03. The van der Waals surface area contributed by atoms with Crippen molar-refractivity contribution in [2.75, 3.05) is 5.32 Å². The molecule has 7 heteroatoms. The number of nitrogens with zero attached hydrogens (tertiary/aromatic N) is 1.